The highest BCUT2D eigenvalue weighted by Gasteiger charge is 2.39. The summed E-state index contributed by atoms with van der Waals surface area (Å²) in [7, 11) is -4.03. The number of aryl methyl sites for hydroxylation is 1. The van der Waals surface area contributed by atoms with Crippen molar-refractivity contribution in [2.45, 2.75) is 31.7 Å². The SMILES string of the molecule is Cc1cn([C@H]2C[C@H](N=[N+]=[N-])[C@@H](COP(=O)(Nc3cccnc3)Oc3ccncc3)O2)c(=O)[nH]c1=O. The van der Waals surface area contributed by atoms with E-state index in [2.05, 4.69) is 30.1 Å². The molecule has 0 saturated carbocycles. The zero-order valence-corrected chi connectivity index (χ0v) is 19.3. The van der Waals surface area contributed by atoms with Crippen molar-refractivity contribution in [1.29, 1.82) is 0 Å². The number of aromatic amines is 1. The second-order valence-corrected chi connectivity index (χ2v) is 9.20. The van der Waals surface area contributed by atoms with Crippen LogP contribution in [0.5, 0.6) is 5.75 Å². The summed E-state index contributed by atoms with van der Waals surface area (Å²) in [5, 5.41) is 6.45. The Bertz CT molecular complexity index is 1330. The minimum absolute atomic E-state index is 0.134. The van der Waals surface area contributed by atoms with E-state index in [4.69, 9.17) is 19.3 Å². The fourth-order valence-electron chi connectivity index (χ4n) is 3.40. The predicted octanol–water partition coefficient (Wildman–Crippen LogP) is 2.92. The molecule has 14 nitrogen and oxygen atoms in total. The summed E-state index contributed by atoms with van der Waals surface area (Å²) in [5.74, 6) is 0.242. The second-order valence-electron chi connectivity index (χ2n) is 7.54. The van der Waals surface area contributed by atoms with Gasteiger partial charge in [-0.15, -0.1) is 0 Å². The van der Waals surface area contributed by atoms with E-state index in [1.54, 1.807) is 25.3 Å². The highest BCUT2D eigenvalue weighted by atomic mass is 31.2. The maximum Gasteiger partial charge on any atom is 0.486 e. The summed E-state index contributed by atoms with van der Waals surface area (Å²) < 4.78 is 32.0. The molecule has 1 aliphatic rings. The molecule has 0 bridgehead atoms. The first kappa shape index (κ1) is 24.2. The minimum atomic E-state index is -4.03. The van der Waals surface area contributed by atoms with Crippen LogP contribution in [0.25, 0.3) is 10.4 Å². The van der Waals surface area contributed by atoms with Gasteiger partial charge in [0.15, 0.2) is 0 Å². The third kappa shape index (κ3) is 5.94. The number of anilines is 1. The van der Waals surface area contributed by atoms with Crippen molar-refractivity contribution in [1.82, 2.24) is 19.5 Å². The molecular formula is C20H21N8O6P. The molecule has 4 atom stereocenters. The smallest absolute Gasteiger partial charge is 0.409 e. The van der Waals surface area contributed by atoms with Crippen LogP contribution >= 0.6 is 7.75 Å². The van der Waals surface area contributed by atoms with Gasteiger partial charge in [-0.3, -0.25) is 33.9 Å². The Labute approximate surface area is 198 Å². The van der Waals surface area contributed by atoms with E-state index < -0.39 is 37.4 Å². The Balaban J connectivity index is 1.55. The van der Waals surface area contributed by atoms with E-state index in [9.17, 15) is 14.2 Å². The molecule has 1 aliphatic heterocycles. The molecule has 3 aromatic heterocycles. The van der Waals surface area contributed by atoms with Crippen LogP contribution in [0.2, 0.25) is 0 Å². The molecule has 1 unspecified atom stereocenters. The molecule has 15 heteroatoms. The lowest BCUT2D eigenvalue weighted by Gasteiger charge is -2.23. The van der Waals surface area contributed by atoms with Crippen molar-refractivity contribution < 1.29 is 18.3 Å². The number of rotatable bonds is 9. The molecule has 4 rings (SSSR count). The quantitative estimate of drug-likeness (QED) is 0.193. The molecule has 0 aromatic carbocycles. The predicted molar refractivity (Wildman–Crippen MR) is 124 cm³/mol. The van der Waals surface area contributed by atoms with Gasteiger partial charge < -0.3 is 9.26 Å². The highest BCUT2D eigenvalue weighted by Crippen LogP contribution is 2.48. The second kappa shape index (κ2) is 10.5. The summed E-state index contributed by atoms with van der Waals surface area (Å²) in [6, 6.07) is 5.56. The molecule has 2 N–H and O–H groups in total. The number of nitrogens with one attached hydrogen (secondary N) is 2. The van der Waals surface area contributed by atoms with E-state index in [1.807, 2.05) is 0 Å². The third-order valence-electron chi connectivity index (χ3n) is 5.07. The van der Waals surface area contributed by atoms with Gasteiger partial charge >= 0.3 is 13.4 Å². The van der Waals surface area contributed by atoms with Crippen molar-refractivity contribution in [3.63, 3.8) is 0 Å². The molecule has 0 aliphatic carbocycles. The lowest BCUT2D eigenvalue weighted by Crippen LogP contribution is -2.33. The maximum atomic E-state index is 13.6. The number of pyridine rings is 2. The molecule has 4 heterocycles. The van der Waals surface area contributed by atoms with Crippen molar-refractivity contribution in [3.05, 3.63) is 92.1 Å². The topological polar surface area (TPSA) is 186 Å². The normalized spacial score (nSPS) is 21.0. The van der Waals surface area contributed by atoms with E-state index in [0.29, 0.717) is 11.3 Å². The summed E-state index contributed by atoms with van der Waals surface area (Å²) in [6.45, 7) is 1.25. The van der Waals surface area contributed by atoms with Crippen LogP contribution in [0.15, 0.2) is 70.0 Å². The van der Waals surface area contributed by atoms with Crippen molar-refractivity contribution in [2.75, 3.05) is 11.7 Å². The summed E-state index contributed by atoms with van der Waals surface area (Å²) in [6.07, 6.45) is 5.74. The first-order valence-electron chi connectivity index (χ1n) is 10.4. The van der Waals surface area contributed by atoms with Gasteiger partial charge in [0.25, 0.3) is 5.56 Å². The van der Waals surface area contributed by atoms with Crippen LogP contribution < -0.4 is 20.9 Å². The Hall–Kier alpha value is -3.96. The average molecular weight is 500 g/mol. The van der Waals surface area contributed by atoms with Gasteiger partial charge in [-0.25, -0.2) is 9.36 Å². The zero-order valence-electron chi connectivity index (χ0n) is 18.4. The molecule has 3 aromatic rings. The van der Waals surface area contributed by atoms with Crippen LogP contribution in [-0.4, -0.2) is 38.3 Å². The Morgan fingerprint density at radius 1 is 1.31 bits per heavy atom. The Morgan fingerprint density at radius 3 is 2.83 bits per heavy atom. The van der Waals surface area contributed by atoms with E-state index in [1.165, 1.54) is 41.5 Å². The lowest BCUT2D eigenvalue weighted by molar-refractivity contribution is -0.0234. The zero-order chi connectivity index (χ0) is 24.8. The fourth-order valence-corrected chi connectivity index (χ4v) is 4.76. The fraction of sp³-hybridized carbons (Fsp3) is 0.300. The number of hydrogen-bond acceptors (Lipinski definition) is 9. The van der Waals surface area contributed by atoms with Gasteiger partial charge in [0.2, 0.25) is 0 Å². The minimum Gasteiger partial charge on any atom is -0.409 e. The maximum absolute atomic E-state index is 13.6. The average Bonchev–Trinajstić information content (AvgIpc) is 3.24. The van der Waals surface area contributed by atoms with Gasteiger partial charge in [-0.05, 0) is 36.7 Å². The van der Waals surface area contributed by atoms with Crippen LogP contribution in [0, 0.1) is 6.92 Å². The molecule has 0 spiro atoms. The molecule has 182 valence electrons. The lowest BCUT2D eigenvalue weighted by atomic mass is 10.1. The summed E-state index contributed by atoms with van der Waals surface area (Å²) in [5.41, 5.74) is 8.51. The largest absolute Gasteiger partial charge is 0.486 e. The first-order valence-corrected chi connectivity index (χ1v) is 12.0. The molecule has 1 saturated heterocycles. The molecular weight excluding hydrogens is 479 g/mol. The molecule has 1 fully saturated rings. The number of ether oxygens (including phenoxy) is 1. The third-order valence-corrected chi connectivity index (χ3v) is 6.54. The van der Waals surface area contributed by atoms with Crippen molar-refractivity contribution in [3.8, 4) is 5.75 Å². The van der Waals surface area contributed by atoms with Gasteiger partial charge in [0, 0.05) is 41.7 Å². The van der Waals surface area contributed by atoms with Crippen LogP contribution in [0.4, 0.5) is 5.69 Å². The van der Waals surface area contributed by atoms with Gasteiger partial charge in [-0.2, -0.15) is 0 Å². The molecule has 0 radical (unpaired) electrons. The summed E-state index contributed by atoms with van der Waals surface area (Å²) >= 11 is 0. The number of H-pyrrole nitrogens is 1. The standard InChI is InChI=1S/C20H21N8O6P/c1-13-11-28(20(30)24-19(13)29)18-9-16(25-27-21)17(33-18)12-32-35(31,26-14-3-2-6-23-10-14)34-15-4-7-22-8-5-15/h2-8,10-11,16-18H,9,12H2,1H3,(H,26,31)(H,24,29,30)/t16-,17+,18+,35?/m0/s1. The van der Waals surface area contributed by atoms with Crippen LogP contribution in [-0.2, 0) is 13.8 Å². The molecule has 0 amide bonds. The number of azide groups is 1. The van der Waals surface area contributed by atoms with Gasteiger partial charge in [-0.1, -0.05) is 5.11 Å². The van der Waals surface area contributed by atoms with Crippen LogP contribution in [0.3, 0.4) is 0 Å². The van der Waals surface area contributed by atoms with Gasteiger partial charge in [0.1, 0.15) is 12.0 Å². The van der Waals surface area contributed by atoms with Crippen LogP contribution in [0.1, 0.15) is 18.2 Å². The van der Waals surface area contributed by atoms with E-state index >= 15 is 0 Å². The highest BCUT2D eigenvalue weighted by molar-refractivity contribution is 7.55. The van der Waals surface area contributed by atoms with Gasteiger partial charge in [0.05, 0.1) is 30.6 Å². The van der Waals surface area contributed by atoms with E-state index in [0.717, 1.165) is 0 Å². The molecule has 35 heavy (non-hydrogen) atoms. The number of nitrogens with zero attached hydrogens (tertiary/aromatic N) is 6. The first-order chi connectivity index (χ1) is 16.9. The Morgan fingerprint density at radius 2 is 2.11 bits per heavy atom. The van der Waals surface area contributed by atoms with Crippen molar-refractivity contribution >= 4 is 13.4 Å². The number of hydrogen-bond donors (Lipinski definition) is 2. The van der Waals surface area contributed by atoms with Crippen molar-refractivity contribution in [2.24, 2.45) is 5.11 Å². The van der Waals surface area contributed by atoms with E-state index in [-0.39, 0.29) is 18.8 Å². The summed E-state index contributed by atoms with van der Waals surface area (Å²) in [4.78, 5) is 36.9. The Kier molecular flexibility index (Phi) is 7.28. The number of aromatic nitrogens is 4. The monoisotopic (exact) mass is 500 g/mol.